The maximum Gasteiger partial charge on any atom is 0.416 e. The van der Waals surface area contributed by atoms with Crippen LogP contribution < -0.4 is 15.5 Å². The van der Waals surface area contributed by atoms with E-state index in [0.29, 0.717) is 41.4 Å². The number of halogens is 3. The normalized spacial score (nSPS) is 14.4. The molecule has 4 aromatic rings. The summed E-state index contributed by atoms with van der Waals surface area (Å²) in [7, 11) is 0. The maximum absolute atomic E-state index is 13.7. The number of hydrogen-bond donors (Lipinski definition) is 3. The molecule has 1 saturated heterocycles. The first-order valence-electron chi connectivity index (χ1n) is 13.0. The topological polar surface area (TPSA) is 93.4 Å². The second kappa shape index (κ2) is 11.0. The van der Waals surface area contributed by atoms with Crippen LogP contribution in [0.3, 0.4) is 0 Å². The minimum Gasteiger partial charge on any atom is -0.369 e. The molecule has 0 aliphatic carbocycles. The Morgan fingerprint density at radius 1 is 0.950 bits per heavy atom. The van der Waals surface area contributed by atoms with E-state index in [4.69, 9.17) is 0 Å². The van der Waals surface area contributed by atoms with Gasteiger partial charge in [0.15, 0.2) is 0 Å². The zero-order chi connectivity index (χ0) is 28.4. The van der Waals surface area contributed by atoms with Gasteiger partial charge in [-0.2, -0.15) is 13.2 Å². The molecule has 2 amide bonds. The van der Waals surface area contributed by atoms with Crippen LogP contribution in [0.5, 0.6) is 0 Å². The van der Waals surface area contributed by atoms with Crippen LogP contribution in [0.2, 0.25) is 0 Å². The Morgan fingerprint density at radius 2 is 1.70 bits per heavy atom. The number of aromatic nitrogens is 2. The summed E-state index contributed by atoms with van der Waals surface area (Å²) in [6, 6.07) is 11.9. The molecule has 1 aliphatic heterocycles. The van der Waals surface area contributed by atoms with Gasteiger partial charge < -0.3 is 25.4 Å². The minimum absolute atomic E-state index is 0.0974. The summed E-state index contributed by atoms with van der Waals surface area (Å²) < 4.78 is 41.2. The van der Waals surface area contributed by atoms with E-state index in [1.54, 1.807) is 37.4 Å². The lowest BCUT2D eigenvalue weighted by Gasteiger charge is -2.36. The van der Waals surface area contributed by atoms with Gasteiger partial charge in [0.1, 0.15) is 5.65 Å². The highest BCUT2D eigenvalue weighted by atomic mass is 19.4. The van der Waals surface area contributed by atoms with Gasteiger partial charge in [0.05, 0.1) is 11.1 Å². The Bertz CT molecular complexity index is 1560. The molecule has 0 bridgehead atoms. The first-order chi connectivity index (χ1) is 19.1. The van der Waals surface area contributed by atoms with Crippen molar-refractivity contribution in [3.63, 3.8) is 0 Å². The highest BCUT2D eigenvalue weighted by Crippen LogP contribution is 2.34. The van der Waals surface area contributed by atoms with E-state index < -0.39 is 17.6 Å². The molecule has 0 saturated carbocycles. The average Bonchev–Trinajstić information content (AvgIpc) is 3.42. The molecule has 3 heterocycles. The zero-order valence-electron chi connectivity index (χ0n) is 22.1. The molecule has 208 valence electrons. The summed E-state index contributed by atoms with van der Waals surface area (Å²) in [5.41, 5.74) is 1.94. The molecule has 0 spiro atoms. The Balaban J connectivity index is 1.35. The van der Waals surface area contributed by atoms with Gasteiger partial charge >= 0.3 is 6.18 Å². The number of likely N-dealkylation sites (N-methyl/N-ethyl adjacent to an activating group) is 1. The number of amides is 2. The number of alkyl halides is 3. The van der Waals surface area contributed by atoms with Crippen LogP contribution in [0.4, 0.5) is 30.2 Å². The molecular formula is C29H29F3N6O2. The summed E-state index contributed by atoms with van der Waals surface area (Å²) in [5, 5.41) is 6.30. The summed E-state index contributed by atoms with van der Waals surface area (Å²) in [5.74, 6) is -1.06. The first-order valence-corrected chi connectivity index (χ1v) is 13.0. The molecule has 0 unspecified atom stereocenters. The van der Waals surface area contributed by atoms with E-state index in [0.717, 1.165) is 42.7 Å². The summed E-state index contributed by atoms with van der Waals surface area (Å²) in [6.45, 7) is 7.34. The van der Waals surface area contributed by atoms with Gasteiger partial charge in [-0.25, -0.2) is 4.98 Å². The molecule has 0 atom stereocenters. The molecular weight excluding hydrogens is 521 g/mol. The Hall–Kier alpha value is -4.38. The first kappa shape index (κ1) is 27.2. The van der Waals surface area contributed by atoms with Crippen molar-refractivity contribution in [3.05, 3.63) is 83.2 Å². The van der Waals surface area contributed by atoms with Crippen molar-refractivity contribution in [2.45, 2.75) is 20.0 Å². The highest BCUT2D eigenvalue weighted by molar-refractivity contribution is 6.07. The van der Waals surface area contributed by atoms with E-state index in [1.807, 2.05) is 17.9 Å². The van der Waals surface area contributed by atoms with Crippen LogP contribution in [0.15, 0.2) is 60.9 Å². The SMILES string of the molecule is CCN1CCN(c2cc(C(=O)Nc3ccc(C)c(NC(=O)c4cnc5[nH]ccc5c4)c3)cc(C(F)(F)F)c2)CC1. The number of fused-ring (bicyclic) bond motifs is 1. The molecule has 3 N–H and O–H groups in total. The van der Waals surface area contributed by atoms with Gasteiger partial charge in [-0.15, -0.1) is 0 Å². The molecule has 1 aliphatic rings. The number of pyridine rings is 1. The molecule has 8 nitrogen and oxygen atoms in total. The van der Waals surface area contributed by atoms with Crippen molar-refractivity contribution < 1.29 is 22.8 Å². The number of piperazine rings is 1. The third kappa shape index (κ3) is 5.94. The number of nitrogens with one attached hydrogen (secondary N) is 3. The number of carbonyl (C=O) groups excluding carboxylic acids is 2. The third-order valence-corrected chi connectivity index (χ3v) is 7.10. The Labute approximate surface area is 229 Å². The van der Waals surface area contributed by atoms with E-state index >= 15 is 0 Å². The van der Waals surface area contributed by atoms with Gasteiger partial charge in [-0.3, -0.25) is 9.59 Å². The van der Waals surface area contributed by atoms with Crippen molar-refractivity contribution in [3.8, 4) is 0 Å². The van der Waals surface area contributed by atoms with Crippen molar-refractivity contribution in [2.75, 3.05) is 48.3 Å². The number of H-pyrrole nitrogens is 1. The molecule has 1 fully saturated rings. The minimum atomic E-state index is -4.60. The van der Waals surface area contributed by atoms with Crippen LogP contribution >= 0.6 is 0 Å². The Kier molecular flexibility index (Phi) is 7.49. The van der Waals surface area contributed by atoms with E-state index in [9.17, 15) is 22.8 Å². The second-order valence-corrected chi connectivity index (χ2v) is 9.77. The lowest BCUT2D eigenvalue weighted by Crippen LogP contribution is -2.46. The number of nitrogens with zero attached hydrogens (tertiary/aromatic N) is 3. The van der Waals surface area contributed by atoms with Crippen LogP contribution in [0, 0.1) is 6.92 Å². The quantitative estimate of drug-likeness (QED) is 0.293. The second-order valence-electron chi connectivity index (χ2n) is 9.77. The molecule has 11 heteroatoms. The van der Waals surface area contributed by atoms with Crippen molar-refractivity contribution in [1.29, 1.82) is 0 Å². The van der Waals surface area contributed by atoms with Crippen molar-refractivity contribution in [2.24, 2.45) is 0 Å². The fraction of sp³-hybridized carbons (Fsp3) is 0.276. The number of anilines is 3. The molecule has 2 aromatic carbocycles. The maximum atomic E-state index is 13.7. The summed E-state index contributed by atoms with van der Waals surface area (Å²) in [6.07, 6.45) is -1.41. The summed E-state index contributed by atoms with van der Waals surface area (Å²) in [4.78, 5) is 37.3. The number of rotatable bonds is 6. The van der Waals surface area contributed by atoms with Crippen LogP contribution in [-0.2, 0) is 6.18 Å². The third-order valence-electron chi connectivity index (χ3n) is 7.10. The summed E-state index contributed by atoms with van der Waals surface area (Å²) >= 11 is 0. The fourth-order valence-corrected chi connectivity index (χ4v) is 4.71. The van der Waals surface area contributed by atoms with Gasteiger partial charge in [0, 0.05) is 66.6 Å². The van der Waals surface area contributed by atoms with Crippen LogP contribution in [-0.4, -0.2) is 59.4 Å². The predicted molar refractivity (Wildman–Crippen MR) is 149 cm³/mol. The van der Waals surface area contributed by atoms with E-state index in [-0.39, 0.29) is 11.5 Å². The number of carbonyl (C=O) groups is 2. The smallest absolute Gasteiger partial charge is 0.369 e. The van der Waals surface area contributed by atoms with Gasteiger partial charge in [-0.05, 0) is 61.5 Å². The lowest BCUT2D eigenvalue weighted by molar-refractivity contribution is -0.137. The molecule has 40 heavy (non-hydrogen) atoms. The largest absolute Gasteiger partial charge is 0.416 e. The fourth-order valence-electron chi connectivity index (χ4n) is 4.71. The monoisotopic (exact) mass is 550 g/mol. The van der Waals surface area contributed by atoms with Gasteiger partial charge in [0.25, 0.3) is 11.8 Å². The van der Waals surface area contributed by atoms with Crippen molar-refractivity contribution in [1.82, 2.24) is 14.9 Å². The number of aryl methyl sites for hydroxylation is 1. The predicted octanol–water partition coefficient (Wildman–Crippen LogP) is 5.54. The Morgan fingerprint density at radius 3 is 2.42 bits per heavy atom. The standard InChI is InChI=1S/C29H29F3N6O2/c1-3-37-8-10-38(11-9-37)24-14-20(13-22(15-24)29(30,31)32)27(39)35-23-5-4-18(2)25(16-23)36-28(40)21-12-19-6-7-33-26(19)34-17-21/h4-7,12-17H,3,8-11H2,1-2H3,(H,33,34)(H,35,39)(H,36,40). The molecule has 2 aromatic heterocycles. The highest BCUT2D eigenvalue weighted by Gasteiger charge is 2.33. The average molecular weight is 551 g/mol. The molecule has 5 rings (SSSR count). The van der Waals surface area contributed by atoms with Gasteiger partial charge in [0.2, 0.25) is 0 Å². The van der Waals surface area contributed by atoms with E-state index in [1.165, 1.54) is 12.3 Å². The zero-order valence-corrected chi connectivity index (χ0v) is 22.1. The number of benzene rings is 2. The van der Waals surface area contributed by atoms with Crippen molar-refractivity contribution >= 4 is 39.9 Å². The van der Waals surface area contributed by atoms with Crippen LogP contribution in [0.25, 0.3) is 11.0 Å². The number of hydrogen-bond acceptors (Lipinski definition) is 5. The molecule has 0 radical (unpaired) electrons. The van der Waals surface area contributed by atoms with Crippen LogP contribution in [0.1, 0.15) is 38.8 Å². The van der Waals surface area contributed by atoms with Gasteiger partial charge in [-0.1, -0.05) is 13.0 Å². The number of aromatic amines is 1. The van der Waals surface area contributed by atoms with E-state index in [2.05, 4.69) is 25.5 Å². The lowest BCUT2D eigenvalue weighted by atomic mass is 10.1.